The van der Waals surface area contributed by atoms with E-state index < -0.39 is 58.1 Å². The summed E-state index contributed by atoms with van der Waals surface area (Å²) in [5.74, 6) is -1.59. The zero-order valence-corrected chi connectivity index (χ0v) is 63.3. The number of phenolic OH excluding ortho intramolecular Hbond substituents is 1. The van der Waals surface area contributed by atoms with Gasteiger partial charge >= 0.3 is 0 Å². The molecule has 5 aliphatic heterocycles. The van der Waals surface area contributed by atoms with Crippen LogP contribution in [0.15, 0.2) is 270 Å². The highest BCUT2D eigenvalue weighted by atomic mass is 16.5. The molecule has 7 aromatic carbocycles. The van der Waals surface area contributed by atoms with Crippen molar-refractivity contribution in [3.8, 4) is 40.2 Å². The van der Waals surface area contributed by atoms with Crippen LogP contribution in [0.25, 0.3) is 0 Å². The fraction of sp³-hybridized carbons (Fsp3) is 0.187. The molecule has 0 aliphatic carbocycles. The first-order valence-corrected chi connectivity index (χ1v) is 35.4. The lowest BCUT2D eigenvalue weighted by Gasteiger charge is -2.30. The maximum Gasteiger partial charge on any atom is 0.258 e. The number of nitrogen functional groups attached to an aromatic ring is 2. The van der Waals surface area contributed by atoms with E-state index in [1.165, 1.54) is 85.0 Å². The standard InChI is InChI=1S/2C29H26N2O6.C21H26N2O2.C10H7NO3.2CH4/c2*1-5-15-36-23-9-7-19(17-21(23)30-25(32)11-12-26(30)33)29(3,4)20-8-10-24(37-16-6-2)22(18-20)31-27(34)13-14-28(31)35;1-5-11-24-19-9-7-15(13-17(19)22)21(3,4)16-8-10-20(18(23)14-16)25-12-6-2;12-8-3-1-7(2-4-8)11-9(13)5-6-10(11)14;;/h2*5-14,17-18H,1-2,15-16H2,3-4H3;5-10,13-14H,1-2,11-12,22-23H2,3-4H3;1-6,12H;2*1H4. The van der Waals surface area contributed by atoms with Crippen LogP contribution in [0.4, 0.5) is 39.8 Å². The van der Waals surface area contributed by atoms with Gasteiger partial charge in [0.05, 0.1) is 39.8 Å². The summed E-state index contributed by atoms with van der Waals surface area (Å²) in [6.45, 7) is 35.6. The Morgan fingerprint density at radius 1 is 0.287 bits per heavy atom. The number of hydrogen-bond donors (Lipinski definition) is 3. The number of benzene rings is 7. The van der Waals surface area contributed by atoms with Gasteiger partial charge in [-0.2, -0.15) is 0 Å². The number of phenols is 1. The van der Waals surface area contributed by atoms with Crippen molar-refractivity contribution in [1.82, 2.24) is 0 Å². The van der Waals surface area contributed by atoms with Crippen molar-refractivity contribution in [3.63, 3.8) is 0 Å². The molecular formula is C91H93N7O17. The van der Waals surface area contributed by atoms with Crippen LogP contribution in [0, 0.1) is 0 Å². The molecule has 5 aliphatic rings. The summed E-state index contributed by atoms with van der Waals surface area (Å²) in [4.78, 5) is 127. The number of imide groups is 5. The zero-order chi connectivity index (χ0) is 82.1. The van der Waals surface area contributed by atoms with E-state index in [1.807, 2.05) is 88.4 Å². The number of carbonyl (C=O) groups is 10. The molecule has 7 aromatic rings. The number of anilines is 7. The third-order valence-electron chi connectivity index (χ3n) is 18.4. The third kappa shape index (κ3) is 19.8. The van der Waals surface area contributed by atoms with Crippen LogP contribution in [0.1, 0.15) is 89.8 Å². The molecular weight excluding hydrogens is 1460 g/mol. The molecule has 5 heterocycles. The van der Waals surface area contributed by atoms with Crippen molar-refractivity contribution in [2.75, 3.05) is 75.6 Å². The molecule has 24 heteroatoms. The van der Waals surface area contributed by atoms with E-state index in [1.54, 1.807) is 85.0 Å². The minimum atomic E-state index is -0.685. The van der Waals surface area contributed by atoms with E-state index in [0.717, 1.165) is 57.9 Å². The van der Waals surface area contributed by atoms with Crippen LogP contribution in [0.5, 0.6) is 40.2 Å². The smallest absolute Gasteiger partial charge is 0.258 e. The Labute approximate surface area is 669 Å². The summed E-state index contributed by atoms with van der Waals surface area (Å²) in [5.41, 5.74) is 18.8. The number of aromatic hydroxyl groups is 1. The average Bonchev–Trinajstić information content (AvgIpc) is 1.38. The van der Waals surface area contributed by atoms with E-state index in [2.05, 4.69) is 53.3 Å². The summed E-state index contributed by atoms with van der Waals surface area (Å²) in [5, 5.41) is 9.03. The van der Waals surface area contributed by atoms with Crippen LogP contribution < -0.4 is 64.4 Å². The van der Waals surface area contributed by atoms with Crippen LogP contribution >= 0.6 is 0 Å². The van der Waals surface area contributed by atoms with Gasteiger partial charge in [0.2, 0.25) is 0 Å². The van der Waals surface area contributed by atoms with Gasteiger partial charge in [-0.1, -0.05) is 169 Å². The summed E-state index contributed by atoms with van der Waals surface area (Å²) in [7, 11) is 0. The van der Waals surface area contributed by atoms with Gasteiger partial charge in [-0.05, 0) is 130 Å². The monoisotopic (exact) mass is 1560 g/mol. The lowest BCUT2D eigenvalue weighted by Crippen LogP contribution is -2.31. The van der Waals surface area contributed by atoms with Gasteiger partial charge in [0.1, 0.15) is 79.9 Å². The predicted molar refractivity (Wildman–Crippen MR) is 448 cm³/mol. The molecule has 0 spiro atoms. The Morgan fingerprint density at radius 2 is 0.470 bits per heavy atom. The van der Waals surface area contributed by atoms with Crippen molar-refractivity contribution in [1.29, 1.82) is 0 Å². The molecule has 24 nitrogen and oxygen atoms in total. The minimum Gasteiger partial charge on any atom is -0.508 e. The number of nitrogens with two attached hydrogens (primary N) is 2. The first kappa shape index (κ1) is 87.8. The quantitative estimate of drug-likeness (QED) is 0.0223. The maximum absolute atomic E-state index is 12.5. The second-order valence-corrected chi connectivity index (χ2v) is 27.0. The predicted octanol–water partition coefficient (Wildman–Crippen LogP) is 14.4. The summed E-state index contributed by atoms with van der Waals surface area (Å²) < 4.78 is 34.0. The Kier molecular flexibility index (Phi) is 29.4. The highest BCUT2D eigenvalue weighted by Gasteiger charge is 2.37. The largest absolute Gasteiger partial charge is 0.508 e. The molecule has 115 heavy (non-hydrogen) atoms. The van der Waals surface area contributed by atoms with Crippen molar-refractivity contribution < 1.29 is 81.5 Å². The molecule has 0 fully saturated rings. The first-order chi connectivity index (χ1) is 53.9. The Balaban J connectivity index is 0.000000221. The third-order valence-corrected chi connectivity index (χ3v) is 18.4. The van der Waals surface area contributed by atoms with E-state index in [-0.39, 0.29) is 64.3 Å². The molecule has 12 rings (SSSR count). The van der Waals surface area contributed by atoms with Gasteiger partial charge < -0.3 is 45.0 Å². The van der Waals surface area contributed by atoms with Crippen LogP contribution in [0.3, 0.4) is 0 Å². The summed E-state index contributed by atoms with van der Waals surface area (Å²) >= 11 is 0. The van der Waals surface area contributed by atoms with E-state index in [0.29, 0.717) is 87.5 Å². The normalized spacial score (nSPS) is 13.9. The highest BCUT2D eigenvalue weighted by molar-refractivity contribution is 6.31. The van der Waals surface area contributed by atoms with E-state index >= 15 is 0 Å². The molecule has 0 radical (unpaired) electrons. The number of rotatable bonds is 29. The van der Waals surface area contributed by atoms with Crippen molar-refractivity contribution >= 4 is 98.9 Å². The second kappa shape index (κ2) is 38.5. The fourth-order valence-corrected chi connectivity index (χ4v) is 12.1. The molecule has 0 unspecified atom stereocenters. The highest BCUT2D eigenvalue weighted by Crippen LogP contribution is 2.45. The Bertz CT molecular complexity index is 4600. The summed E-state index contributed by atoms with van der Waals surface area (Å²) in [6, 6.07) is 38.7. The minimum absolute atomic E-state index is 0. The van der Waals surface area contributed by atoms with Crippen molar-refractivity contribution in [3.05, 3.63) is 304 Å². The SMILES string of the molecule is C.C.C=CCOc1ccc(C(C)(C)c2ccc(OCC=C)c(N)c2)cc1N.C=CCOc1ccc(C(C)(C)c2ccc(OCC=C)c(N3C(=O)C=CC3=O)c2)cc1N1C(=O)C=CC1=O.C=CCOc1ccc(C(C)(C)c2ccc(OCC=C)c(N3C(=O)C=CC3=O)c2)cc1N1C(=O)C=CC1=O.O=C1C=CC(=O)N1c1ccc(O)cc1. The molecule has 0 saturated carbocycles. The molecule has 0 atom stereocenters. The van der Waals surface area contributed by atoms with Crippen molar-refractivity contribution in [2.45, 2.75) is 72.6 Å². The molecule has 10 amide bonds. The first-order valence-electron chi connectivity index (χ1n) is 35.4. The second-order valence-electron chi connectivity index (χ2n) is 27.0. The number of hydrogen-bond acceptors (Lipinski definition) is 19. The van der Waals surface area contributed by atoms with E-state index in [4.69, 9.17) is 45.0 Å². The molecule has 5 N–H and O–H groups in total. The fourth-order valence-electron chi connectivity index (χ4n) is 12.1. The van der Waals surface area contributed by atoms with Crippen LogP contribution in [0.2, 0.25) is 0 Å². The Hall–Kier alpha value is -14.4. The Morgan fingerprint density at radius 3 is 0.670 bits per heavy atom. The zero-order valence-electron chi connectivity index (χ0n) is 63.3. The number of carbonyl (C=O) groups excluding carboxylic acids is 10. The van der Waals surface area contributed by atoms with Gasteiger partial charge in [0.15, 0.2) is 0 Å². The van der Waals surface area contributed by atoms with Gasteiger partial charge in [-0.3, -0.25) is 47.9 Å². The average molecular weight is 1560 g/mol. The number of amides is 10. The molecule has 0 aromatic heterocycles. The number of nitrogens with zero attached hydrogens (tertiary/aromatic N) is 5. The van der Waals surface area contributed by atoms with Crippen LogP contribution in [-0.4, -0.2) is 104 Å². The molecule has 0 saturated heterocycles. The lowest BCUT2D eigenvalue weighted by atomic mass is 9.77. The maximum atomic E-state index is 12.5. The van der Waals surface area contributed by atoms with Gasteiger partial charge in [0, 0.05) is 77.0 Å². The van der Waals surface area contributed by atoms with Gasteiger partial charge in [-0.15, -0.1) is 0 Å². The molecule has 594 valence electrons. The van der Waals surface area contributed by atoms with Gasteiger partial charge in [-0.25, -0.2) is 24.5 Å². The van der Waals surface area contributed by atoms with Crippen LogP contribution in [-0.2, 0) is 64.2 Å². The van der Waals surface area contributed by atoms with E-state index in [9.17, 15) is 47.9 Å². The molecule has 0 bridgehead atoms. The number of ether oxygens (including phenoxy) is 6. The topological polar surface area (TPSA) is 315 Å². The van der Waals surface area contributed by atoms with Gasteiger partial charge in [0.25, 0.3) is 59.1 Å². The summed E-state index contributed by atoms with van der Waals surface area (Å²) in [6.07, 6.45) is 21.8. The van der Waals surface area contributed by atoms with Crippen molar-refractivity contribution in [2.24, 2.45) is 0 Å². The lowest BCUT2D eigenvalue weighted by molar-refractivity contribution is -0.121.